The quantitative estimate of drug-likeness (QED) is 0.723. The Morgan fingerprint density at radius 3 is 2.23 bits per heavy atom. The minimum Gasteiger partial charge on any atom is -0.330 e. The number of nitrogens with two attached hydrogens (primary N) is 1. The SMILES string of the molecule is CN(C(=O)CN(Cc1ccc(Cl)cc1)C(=O)C1CCC(CN)CC1)c1ccccc1. The predicted octanol–water partition coefficient (Wildman–Crippen LogP) is 4.10. The molecule has 1 saturated carbocycles. The molecule has 0 aromatic heterocycles. The number of halogens is 1. The van der Waals surface area contributed by atoms with E-state index in [9.17, 15) is 9.59 Å². The van der Waals surface area contributed by atoms with Gasteiger partial charge in [0.1, 0.15) is 6.54 Å². The van der Waals surface area contributed by atoms with Crippen LogP contribution in [0.3, 0.4) is 0 Å². The molecular formula is C24H30ClN3O2. The number of carbonyl (C=O) groups excluding carboxylic acids is 2. The average molecular weight is 428 g/mol. The second-order valence-corrected chi connectivity index (χ2v) is 8.50. The van der Waals surface area contributed by atoms with Crippen LogP contribution in [0.15, 0.2) is 54.6 Å². The fourth-order valence-corrected chi connectivity index (χ4v) is 4.12. The van der Waals surface area contributed by atoms with Crippen molar-refractivity contribution in [2.45, 2.75) is 32.2 Å². The highest BCUT2D eigenvalue weighted by Crippen LogP contribution is 2.30. The van der Waals surface area contributed by atoms with Gasteiger partial charge in [0, 0.05) is 30.2 Å². The Kier molecular flexibility index (Phi) is 7.88. The molecule has 1 fully saturated rings. The zero-order valence-corrected chi connectivity index (χ0v) is 18.2. The maximum Gasteiger partial charge on any atom is 0.246 e. The molecule has 0 atom stereocenters. The third-order valence-electron chi connectivity index (χ3n) is 5.97. The minimum atomic E-state index is -0.112. The molecule has 0 spiro atoms. The Labute approximate surface area is 183 Å². The van der Waals surface area contributed by atoms with Gasteiger partial charge in [0.25, 0.3) is 0 Å². The Morgan fingerprint density at radius 1 is 1.00 bits per heavy atom. The van der Waals surface area contributed by atoms with Crippen LogP contribution >= 0.6 is 11.6 Å². The lowest BCUT2D eigenvalue weighted by molar-refractivity contribution is -0.140. The van der Waals surface area contributed by atoms with Crippen LogP contribution in [0.25, 0.3) is 0 Å². The molecule has 2 aromatic rings. The summed E-state index contributed by atoms with van der Waals surface area (Å²) in [5.74, 6) is 0.397. The van der Waals surface area contributed by atoms with E-state index < -0.39 is 0 Å². The summed E-state index contributed by atoms with van der Waals surface area (Å²) in [6.07, 6.45) is 3.61. The fraction of sp³-hybridized carbons (Fsp3) is 0.417. The summed E-state index contributed by atoms with van der Waals surface area (Å²) in [6.45, 7) is 1.11. The lowest BCUT2D eigenvalue weighted by Gasteiger charge is -2.32. The van der Waals surface area contributed by atoms with Crippen molar-refractivity contribution in [3.8, 4) is 0 Å². The van der Waals surface area contributed by atoms with Crippen LogP contribution in [0, 0.1) is 11.8 Å². The maximum atomic E-state index is 13.4. The number of nitrogens with zero attached hydrogens (tertiary/aromatic N) is 2. The van der Waals surface area contributed by atoms with Crippen molar-refractivity contribution in [2.24, 2.45) is 17.6 Å². The van der Waals surface area contributed by atoms with Crippen LogP contribution in [0.4, 0.5) is 5.69 Å². The van der Waals surface area contributed by atoms with Gasteiger partial charge in [-0.15, -0.1) is 0 Å². The molecule has 1 aliphatic rings. The molecule has 160 valence electrons. The Bertz CT molecular complexity index is 833. The summed E-state index contributed by atoms with van der Waals surface area (Å²) < 4.78 is 0. The van der Waals surface area contributed by atoms with Crippen LogP contribution in [0.5, 0.6) is 0 Å². The summed E-state index contributed by atoms with van der Waals surface area (Å²) in [7, 11) is 1.75. The van der Waals surface area contributed by atoms with E-state index in [1.54, 1.807) is 16.8 Å². The zero-order valence-electron chi connectivity index (χ0n) is 17.5. The Balaban J connectivity index is 1.74. The smallest absolute Gasteiger partial charge is 0.246 e. The predicted molar refractivity (Wildman–Crippen MR) is 121 cm³/mol. The Hall–Kier alpha value is -2.37. The van der Waals surface area contributed by atoms with Gasteiger partial charge < -0.3 is 15.5 Å². The summed E-state index contributed by atoms with van der Waals surface area (Å²) >= 11 is 6.00. The van der Waals surface area contributed by atoms with E-state index in [1.807, 2.05) is 54.6 Å². The topological polar surface area (TPSA) is 66.6 Å². The molecule has 0 aliphatic heterocycles. The lowest BCUT2D eigenvalue weighted by Crippen LogP contribution is -2.44. The van der Waals surface area contributed by atoms with Crippen molar-refractivity contribution in [3.05, 3.63) is 65.2 Å². The van der Waals surface area contributed by atoms with E-state index in [1.165, 1.54) is 0 Å². The zero-order chi connectivity index (χ0) is 21.5. The first kappa shape index (κ1) is 22.3. The summed E-state index contributed by atoms with van der Waals surface area (Å²) in [5.41, 5.74) is 7.56. The number of para-hydroxylation sites is 1. The number of hydrogen-bond acceptors (Lipinski definition) is 3. The van der Waals surface area contributed by atoms with Gasteiger partial charge in [0.2, 0.25) is 11.8 Å². The highest BCUT2D eigenvalue weighted by Gasteiger charge is 2.30. The first-order valence-electron chi connectivity index (χ1n) is 10.5. The summed E-state index contributed by atoms with van der Waals surface area (Å²) in [5, 5.41) is 0.650. The molecule has 0 radical (unpaired) electrons. The Morgan fingerprint density at radius 2 is 1.63 bits per heavy atom. The van der Waals surface area contributed by atoms with Crippen molar-refractivity contribution in [3.63, 3.8) is 0 Å². The molecule has 0 bridgehead atoms. The second kappa shape index (κ2) is 10.6. The van der Waals surface area contributed by atoms with Crippen LogP contribution in [0.1, 0.15) is 31.2 Å². The number of benzene rings is 2. The van der Waals surface area contributed by atoms with Gasteiger partial charge in [-0.2, -0.15) is 0 Å². The first-order chi connectivity index (χ1) is 14.5. The van der Waals surface area contributed by atoms with Crippen molar-refractivity contribution in [1.82, 2.24) is 4.90 Å². The van der Waals surface area contributed by atoms with Crippen molar-refractivity contribution < 1.29 is 9.59 Å². The average Bonchev–Trinajstić information content (AvgIpc) is 2.79. The standard InChI is InChI=1S/C24H30ClN3O2/c1-27(22-5-3-2-4-6-22)23(29)17-28(16-19-9-13-21(25)14-10-19)24(30)20-11-7-18(15-26)8-12-20/h2-6,9-10,13-14,18,20H,7-8,11-12,15-17,26H2,1H3. The molecule has 2 aromatic carbocycles. The van der Waals surface area contributed by atoms with E-state index in [2.05, 4.69) is 0 Å². The van der Waals surface area contributed by atoms with Gasteiger partial charge in [-0.05, 0) is 68.0 Å². The highest BCUT2D eigenvalue weighted by atomic mass is 35.5. The van der Waals surface area contributed by atoms with Crippen LogP contribution < -0.4 is 10.6 Å². The van der Waals surface area contributed by atoms with Gasteiger partial charge in [-0.3, -0.25) is 9.59 Å². The van der Waals surface area contributed by atoms with Crippen molar-refractivity contribution >= 4 is 29.1 Å². The van der Waals surface area contributed by atoms with E-state index in [0.29, 0.717) is 24.0 Å². The molecule has 2 amide bonds. The fourth-order valence-electron chi connectivity index (χ4n) is 3.99. The van der Waals surface area contributed by atoms with Gasteiger partial charge in [-0.25, -0.2) is 0 Å². The molecule has 2 N–H and O–H groups in total. The number of likely N-dealkylation sites (N-methyl/N-ethyl adjacent to an activating group) is 1. The second-order valence-electron chi connectivity index (χ2n) is 8.06. The summed E-state index contributed by atoms with van der Waals surface area (Å²) in [4.78, 5) is 29.6. The van der Waals surface area contributed by atoms with E-state index in [4.69, 9.17) is 17.3 Å². The van der Waals surface area contributed by atoms with Gasteiger partial charge in [-0.1, -0.05) is 41.9 Å². The maximum absolute atomic E-state index is 13.4. The third-order valence-corrected chi connectivity index (χ3v) is 6.22. The van der Waals surface area contributed by atoms with E-state index in [-0.39, 0.29) is 24.3 Å². The molecule has 1 aliphatic carbocycles. The van der Waals surface area contributed by atoms with Crippen LogP contribution in [-0.4, -0.2) is 36.9 Å². The molecule has 0 unspecified atom stereocenters. The summed E-state index contributed by atoms with van der Waals surface area (Å²) in [6, 6.07) is 16.9. The molecule has 3 rings (SSSR count). The van der Waals surface area contributed by atoms with Crippen LogP contribution in [0.2, 0.25) is 5.02 Å². The number of rotatable bonds is 7. The number of anilines is 1. The molecule has 30 heavy (non-hydrogen) atoms. The van der Waals surface area contributed by atoms with Gasteiger partial charge >= 0.3 is 0 Å². The van der Waals surface area contributed by atoms with Gasteiger partial charge in [0.05, 0.1) is 0 Å². The lowest BCUT2D eigenvalue weighted by atomic mass is 9.81. The first-order valence-corrected chi connectivity index (χ1v) is 10.9. The molecule has 6 heteroatoms. The highest BCUT2D eigenvalue weighted by molar-refractivity contribution is 6.30. The number of carbonyl (C=O) groups is 2. The molecule has 0 heterocycles. The van der Waals surface area contributed by atoms with Gasteiger partial charge in [0.15, 0.2) is 0 Å². The third kappa shape index (κ3) is 5.83. The van der Waals surface area contributed by atoms with Crippen LogP contribution in [-0.2, 0) is 16.1 Å². The normalized spacial score (nSPS) is 18.6. The monoisotopic (exact) mass is 427 g/mol. The van der Waals surface area contributed by atoms with E-state index >= 15 is 0 Å². The molecular weight excluding hydrogens is 398 g/mol. The number of amides is 2. The minimum absolute atomic E-state index is 0.0453. The van der Waals surface area contributed by atoms with Crippen molar-refractivity contribution in [2.75, 3.05) is 25.0 Å². The van der Waals surface area contributed by atoms with E-state index in [0.717, 1.165) is 36.9 Å². The number of hydrogen-bond donors (Lipinski definition) is 1. The largest absolute Gasteiger partial charge is 0.330 e. The molecule has 0 saturated heterocycles. The molecule has 5 nitrogen and oxygen atoms in total. The van der Waals surface area contributed by atoms with Crippen molar-refractivity contribution in [1.29, 1.82) is 0 Å².